The van der Waals surface area contributed by atoms with Crippen LogP contribution in [0.15, 0.2) is 0 Å². The summed E-state index contributed by atoms with van der Waals surface area (Å²) in [5, 5.41) is 3.11. The summed E-state index contributed by atoms with van der Waals surface area (Å²) < 4.78 is 22.6. The topological polar surface area (TPSA) is 46.2 Å². The zero-order chi connectivity index (χ0) is 10.2. The molecule has 0 amide bonds. The van der Waals surface area contributed by atoms with Crippen molar-refractivity contribution in [1.82, 2.24) is 5.32 Å². The van der Waals surface area contributed by atoms with E-state index in [0.717, 1.165) is 32.4 Å². The number of sulfone groups is 1. The largest absolute Gasteiger partial charge is 0.317 e. The molecule has 0 atom stereocenters. The molecular formula is C9H21NO2S. The minimum atomic E-state index is -2.76. The van der Waals surface area contributed by atoms with Crippen LogP contribution in [0.25, 0.3) is 0 Å². The van der Waals surface area contributed by atoms with Crippen LogP contribution >= 0.6 is 0 Å². The Labute approximate surface area is 81.8 Å². The zero-order valence-electron chi connectivity index (χ0n) is 8.67. The molecule has 0 saturated carbocycles. The fourth-order valence-corrected chi connectivity index (χ4v) is 2.58. The Kier molecular flexibility index (Phi) is 7.28. The van der Waals surface area contributed by atoms with Gasteiger partial charge in [0, 0.05) is 0 Å². The molecule has 0 rings (SSSR count). The van der Waals surface area contributed by atoms with Crippen molar-refractivity contribution in [2.45, 2.75) is 33.1 Å². The molecule has 80 valence electrons. The third kappa shape index (κ3) is 8.25. The Bertz CT molecular complexity index is 200. The van der Waals surface area contributed by atoms with Gasteiger partial charge in [0.1, 0.15) is 9.84 Å². The van der Waals surface area contributed by atoms with Crippen LogP contribution in [0.3, 0.4) is 0 Å². The van der Waals surface area contributed by atoms with Crippen LogP contribution in [0.4, 0.5) is 0 Å². The fourth-order valence-electron chi connectivity index (χ4n) is 1.06. The number of rotatable bonds is 8. The van der Waals surface area contributed by atoms with E-state index in [4.69, 9.17) is 0 Å². The highest BCUT2D eigenvalue weighted by atomic mass is 32.2. The summed E-state index contributed by atoms with van der Waals surface area (Å²) in [5.41, 5.74) is 0. The molecule has 0 aliphatic carbocycles. The summed E-state index contributed by atoms with van der Waals surface area (Å²) in [6, 6.07) is 0. The van der Waals surface area contributed by atoms with Gasteiger partial charge >= 0.3 is 0 Å². The van der Waals surface area contributed by atoms with E-state index in [2.05, 4.69) is 5.32 Å². The van der Waals surface area contributed by atoms with Gasteiger partial charge in [0.25, 0.3) is 0 Å². The van der Waals surface area contributed by atoms with Gasteiger partial charge in [0.05, 0.1) is 11.5 Å². The van der Waals surface area contributed by atoms with E-state index in [1.807, 2.05) is 13.8 Å². The Balaban J connectivity index is 3.52. The molecule has 0 heterocycles. The van der Waals surface area contributed by atoms with E-state index < -0.39 is 9.84 Å². The molecule has 0 aromatic heterocycles. The minimum Gasteiger partial charge on any atom is -0.317 e. The molecule has 0 bridgehead atoms. The molecule has 0 aliphatic rings. The van der Waals surface area contributed by atoms with Crippen molar-refractivity contribution in [3.8, 4) is 0 Å². The second kappa shape index (κ2) is 7.33. The quantitative estimate of drug-likeness (QED) is 0.608. The predicted molar refractivity (Wildman–Crippen MR) is 56.7 cm³/mol. The molecule has 0 saturated heterocycles. The summed E-state index contributed by atoms with van der Waals surface area (Å²) in [6.07, 6.45) is 2.48. The van der Waals surface area contributed by atoms with Crippen LogP contribution in [0.2, 0.25) is 0 Å². The minimum absolute atomic E-state index is 0.333. The second-order valence-electron chi connectivity index (χ2n) is 3.21. The lowest BCUT2D eigenvalue weighted by molar-refractivity contribution is 0.587. The summed E-state index contributed by atoms with van der Waals surface area (Å²) >= 11 is 0. The molecular weight excluding hydrogens is 186 g/mol. The highest BCUT2D eigenvalue weighted by Gasteiger charge is 2.08. The molecule has 0 fully saturated rings. The van der Waals surface area contributed by atoms with Crippen molar-refractivity contribution < 1.29 is 8.42 Å². The lowest BCUT2D eigenvalue weighted by Gasteiger charge is -2.03. The van der Waals surface area contributed by atoms with Gasteiger partial charge in [-0.1, -0.05) is 20.3 Å². The van der Waals surface area contributed by atoms with E-state index in [-0.39, 0.29) is 0 Å². The molecule has 13 heavy (non-hydrogen) atoms. The Hall–Kier alpha value is -0.0900. The molecule has 4 heteroatoms. The van der Waals surface area contributed by atoms with Crippen molar-refractivity contribution in [3.63, 3.8) is 0 Å². The molecule has 3 nitrogen and oxygen atoms in total. The third-order valence-electron chi connectivity index (χ3n) is 1.87. The van der Waals surface area contributed by atoms with Gasteiger partial charge in [-0.2, -0.15) is 0 Å². The van der Waals surface area contributed by atoms with Crippen LogP contribution < -0.4 is 5.32 Å². The Morgan fingerprint density at radius 3 is 2.23 bits per heavy atom. The first kappa shape index (κ1) is 12.9. The van der Waals surface area contributed by atoms with E-state index in [9.17, 15) is 8.42 Å². The van der Waals surface area contributed by atoms with Gasteiger partial charge < -0.3 is 5.32 Å². The molecule has 0 radical (unpaired) electrons. The van der Waals surface area contributed by atoms with Crippen molar-refractivity contribution in [2.75, 3.05) is 24.6 Å². The average molecular weight is 207 g/mol. The first-order valence-corrected chi connectivity index (χ1v) is 6.85. The van der Waals surface area contributed by atoms with Crippen molar-refractivity contribution in [2.24, 2.45) is 0 Å². The van der Waals surface area contributed by atoms with Gasteiger partial charge in [-0.25, -0.2) is 8.42 Å². The third-order valence-corrected chi connectivity index (χ3v) is 3.69. The van der Waals surface area contributed by atoms with Crippen LogP contribution in [-0.2, 0) is 9.84 Å². The number of nitrogens with one attached hydrogen (secondary N) is 1. The predicted octanol–water partition coefficient (Wildman–Crippen LogP) is 1.20. The fraction of sp³-hybridized carbons (Fsp3) is 1.00. The van der Waals surface area contributed by atoms with E-state index in [0.29, 0.717) is 11.5 Å². The molecule has 1 N–H and O–H groups in total. The van der Waals surface area contributed by atoms with Crippen LogP contribution in [0.1, 0.15) is 33.1 Å². The summed E-state index contributed by atoms with van der Waals surface area (Å²) in [5.74, 6) is 0.690. The average Bonchev–Trinajstić information content (AvgIpc) is 2.09. The maximum Gasteiger partial charge on any atom is 0.150 e. The van der Waals surface area contributed by atoms with Crippen LogP contribution in [-0.4, -0.2) is 33.0 Å². The van der Waals surface area contributed by atoms with E-state index in [1.54, 1.807) is 0 Å². The van der Waals surface area contributed by atoms with Gasteiger partial charge in [-0.3, -0.25) is 0 Å². The summed E-state index contributed by atoms with van der Waals surface area (Å²) in [6.45, 7) is 5.75. The zero-order valence-corrected chi connectivity index (χ0v) is 9.49. The van der Waals surface area contributed by atoms with Crippen LogP contribution in [0, 0.1) is 0 Å². The number of unbranched alkanes of at least 4 members (excludes halogenated alkanes) is 1. The van der Waals surface area contributed by atoms with Crippen molar-refractivity contribution >= 4 is 9.84 Å². The SMILES string of the molecule is CCCCS(=O)(=O)CCCNCC. The maximum absolute atomic E-state index is 11.3. The number of hydrogen-bond acceptors (Lipinski definition) is 3. The summed E-state index contributed by atoms with van der Waals surface area (Å²) in [7, 11) is -2.76. The normalized spacial score (nSPS) is 11.8. The van der Waals surface area contributed by atoms with E-state index >= 15 is 0 Å². The van der Waals surface area contributed by atoms with Gasteiger partial charge in [-0.15, -0.1) is 0 Å². The monoisotopic (exact) mass is 207 g/mol. The first-order valence-electron chi connectivity index (χ1n) is 5.03. The second-order valence-corrected chi connectivity index (χ2v) is 5.52. The van der Waals surface area contributed by atoms with Gasteiger partial charge in [-0.05, 0) is 25.9 Å². The standard InChI is InChI=1S/C9H21NO2S/c1-3-5-8-13(11,12)9-6-7-10-4-2/h10H,3-9H2,1-2H3. The smallest absolute Gasteiger partial charge is 0.150 e. The maximum atomic E-state index is 11.3. The highest BCUT2D eigenvalue weighted by Crippen LogP contribution is 1.98. The molecule has 0 unspecified atom stereocenters. The molecule has 0 aliphatic heterocycles. The van der Waals surface area contributed by atoms with Crippen LogP contribution in [0.5, 0.6) is 0 Å². The van der Waals surface area contributed by atoms with E-state index in [1.165, 1.54) is 0 Å². The van der Waals surface area contributed by atoms with Gasteiger partial charge in [0.2, 0.25) is 0 Å². The molecule has 0 spiro atoms. The van der Waals surface area contributed by atoms with Crippen molar-refractivity contribution in [3.05, 3.63) is 0 Å². The lowest BCUT2D eigenvalue weighted by atomic mass is 10.4. The van der Waals surface area contributed by atoms with Gasteiger partial charge in [0.15, 0.2) is 0 Å². The number of hydrogen-bond donors (Lipinski definition) is 1. The molecule has 0 aromatic carbocycles. The Morgan fingerprint density at radius 1 is 1.08 bits per heavy atom. The highest BCUT2D eigenvalue weighted by molar-refractivity contribution is 7.91. The first-order chi connectivity index (χ1) is 6.12. The summed E-state index contributed by atoms with van der Waals surface area (Å²) in [4.78, 5) is 0. The lowest BCUT2D eigenvalue weighted by Crippen LogP contribution is -2.19. The molecule has 0 aromatic rings. The Morgan fingerprint density at radius 2 is 1.69 bits per heavy atom. The van der Waals surface area contributed by atoms with Crippen molar-refractivity contribution in [1.29, 1.82) is 0 Å².